The van der Waals surface area contributed by atoms with Crippen molar-refractivity contribution >= 4 is 29.5 Å². The number of carbonyl (C=O) groups is 1. The van der Waals surface area contributed by atoms with E-state index < -0.39 is 5.97 Å². The van der Waals surface area contributed by atoms with Gasteiger partial charge in [-0.1, -0.05) is 31.1 Å². The van der Waals surface area contributed by atoms with Crippen LogP contribution < -0.4 is 4.90 Å². The van der Waals surface area contributed by atoms with Crippen molar-refractivity contribution in [3.8, 4) is 6.07 Å². The van der Waals surface area contributed by atoms with Crippen LogP contribution in [0.3, 0.4) is 0 Å². The molecule has 1 aromatic rings. The lowest BCUT2D eigenvalue weighted by Gasteiger charge is -2.34. The summed E-state index contributed by atoms with van der Waals surface area (Å²) in [5, 5.41) is 18.3. The van der Waals surface area contributed by atoms with Gasteiger partial charge in [-0.15, -0.1) is 11.8 Å². The highest BCUT2D eigenvalue weighted by atomic mass is 32.2. The van der Waals surface area contributed by atoms with Gasteiger partial charge >= 0.3 is 5.97 Å². The van der Waals surface area contributed by atoms with Crippen molar-refractivity contribution in [3.05, 3.63) is 69.8 Å². The highest BCUT2D eigenvalue weighted by Gasteiger charge is 2.40. The van der Waals surface area contributed by atoms with Crippen LogP contribution in [0.15, 0.2) is 58.7 Å². The van der Waals surface area contributed by atoms with Crippen LogP contribution in [0.4, 0.5) is 5.69 Å². The van der Waals surface area contributed by atoms with Crippen LogP contribution in [-0.4, -0.2) is 23.4 Å². The third-order valence-electron chi connectivity index (χ3n) is 6.03. The van der Waals surface area contributed by atoms with E-state index in [0.717, 1.165) is 18.4 Å². The first-order valence-corrected chi connectivity index (χ1v) is 11.2. The summed E-state index contributed by atoms with van der Waals surface area (Å²) in [5.74, 6) is -0.725. The number of anilines is 1. The molecule has 2 aliphatic carbocycles. The van der Waals surface area contributed by atoms with Gasteiger partial charge in [0, 0.05) is 34.7 Å². The molecule has 3 aliphatic rings. The Hall–Kier alpha value is -2.71. The number of carboxylic acids is 1. The van der Waals surface area contributed by atoms with E-state index in [1.807, 2.05) is 6.07 Å². The molecule has 4 nitrogen and oxygen atoms in total. The van der Waals surface area contributed by atoms with Gasteiger partial charge in [-0.2, -0.15) is 5.26 Å². The molecule has 1 heterocycles. The first-order chi connectivity index (χ1) is 14.1. The van der Waals surface area contributed by atoms with Crippen LogP contribution in [-0.2, 0) is 4.79 Å². The summed E-state index contributed by atoms with van der Waals surface area (Å²) in [7, 11) is 0. The molecule has 4 rings (SSSR count). The van der Waals surface area contributed by atoms with E-state index >= 15 is 0 Å². The number of allylic oxidation sites excluding steroid dienone is 4. The zero-order valence-electron chi connectivity index (χ0n) is 16.5. The van der Waals surface area contributed by atoms with Gasteiger partial charge in [-0.3, -0.25) is 0 Å². The topological polar surface area (TPSA) is 64.3 Å². The van der Waals surface area contributed by atoms with E-state index in [0.29, 0.717) is 12.0 Å². The van der Waals surface area contributed by atoms with Crippen molar-refractivity contribution in [1.29, 1.82) is 5.26 Å². The Morgan fingerprint density at radius 1 is 1.31 bits per heavy atom. The normalized spacial score (nSPS) is 23.4. The van der Waals surface area contributed by atoms with E-state index in [-0.39, 0.29) is 5.57 Å². The molecule has 1 fully saturated rings. The van der Waals surface area contributed by atoms with E-state index in [9.17, 15) is 9.90 Å². The molecule has 29 heavy (non-hydrogen) atoms. The highest BCUT2D eigenvalue weighted by Crippen LogP contribution is 2.50. The minimum Gasteiger partial charge on any atom is -0.477 e. The second-order valence-corrected chi connectivity index (χ2v) is 8.54. The van der Waals surface area contributed by atoms with Gasteiger partial charge in [0.15, 0.2) is 0 Å². The molecule has 2 unspecified atom stereocenters. The molecule has 0 amide bonds. The molecule has 1 aliphatic heterocycles. The van der Waals surface area contributed by atoms with Gasteiger partial charge in [0.05, 0.1) is 0 Å². The molecule has 1 saturated carbocycles. The number of nitrogens with zero attached hydrogens (tertiary/aromatic N) is 2. The van der Waals surface area contributed by atoms with E-state index in [4.69, 9.17) is 5.26 Å². The standard InChI is InChI=1S/C24H24N2O2S/c1-29-19-6-4-5-18(10-11-19)26-22-8-3-2-7-20(22)21-14-16(9-12-23(21)26)13-17(15-25)24(27)28/h4,6,9-14,20,22H,2-3,5,7-8H2,1H3,(H,27,28). The highest BCUT2D eigenvalue weighted by molar-refractivity contribution is 8.02. The smallest absolute Gasteiger partial charge is 0.346 e. The van der Waals surface area contributed by atoms with Crippen LogP contribution in [0.1, 0.15) is 49.1 Å². The van der Waals surface area contributed by atoms with Crippen molar-refractivity contribution in [3.63, 3.8) is 0 Å². The predicted octanol–water partition coefficient (Wildman–Crippen LogP) is 5.62. The number of benzene rings is 1. The molecule has 2 atom stereocenters. The lowest BCUT2D eigenvalue weighted by molar-refractivity contribution is -0.132. The molecule has 1 aromatic carbocycles. The second kappa shape index (κ2) is 8.34. The molecular weight excluding hydrogens is 380 g/mol. The Bertz CT molecular complexity index is 997. The Balaban J connectivity index is 1.76. The SMILES string of the molecule is CSC1=CC=C(N2c3ccc(C=C(C#N)C(=O)O)cc3C3CCCCC32)CC=C1. The fourth-order valence-electron chi connectivity index (χ4n) is 4.73. The quantitative estimate of drug-likeness (QED) is 0.521. The molecule has 0 bridgehead atoms. The molecule has 0 spiro atoms. The predicted molar refractivity (Wildman–Crippen MR) is 119 cm³/mol. The lowest BCUT2D eigenvalue weighted by atomic mass is 9.82. The molecule has 0 radical (unpaired) electrons. The number of fused-ring (bicyclic) bond motifs is 3. The second-order valence-electron chi connectivity index (χ2n) is 7.66. The third-order valence-corrected chi connectivity index (χ3v) is 6.77. The zero-order valence-corrected chi connectivity index (χ0v) is 17.3. The molecular formula is C24H24N2O2S. The Labute approximate surface area is 175 Å². The minimum absolute atomic E-state index is 0.230. The number of nitriles is 1. The lowest BCUT2D eigenvalue weighted by Crippen LogP contribution is -2.35. The summed E-state index contributed by atoms with van der Waals surface area (Å²) in [6, 6.07) is 8.36. The Morgan fingerprint density at radius 2 is 2.14 bits per heavy atom. The minimum atomic E-state index is -1.18. The maximum Gasteiger partial charge on any atom is 0.346 e. The van der Waals surface area contributed by atoms with Gasteiger partial charge in [0.1, 0.15) is 11.6 Å². The summed E-state index contributed by atoms with van der Waals surface area (Å²) in [6.07, 6.45) is 18.1. The average molecular weight is 405 g/mol. The van der Waals surface area contributed by atoms with Crippen LogP contribution in [0.25, 0.3) is 6.08 Å². The van der Waals surface area contributed by atoms with Crippen LogP contribution in [0.2, 0.25) is 0 Å². The van der Waals surface area contributed by atoms with Crippen molar-refractivity contribution in [2.24, 2.45) is 0 Å². The third kappa shape index (κ3) is 3.77. The van der Waals surface area contributed by atoms with Crippen molar-refractivity contribution in [2.45, 2.75) is 44.1 Å². The van der Waals surface area contributed by atoms with Crippen LogP contribution >= 0.6 is 11.8 Å². The maximum absolute atomic E-state index is 11.2. The zero-order chi connectivity index (χ0) is 20.4. The Morgan fingerprint density at radius 3 is 2.90 bits per heavy atom. The van der Waals surface area contributed by atoms with Gasteiger partial charge in [-0.05, 0) is 60.6 Å². The van der Waals surface area contributed by atoms with Crippen LogP contribution in [0.5, 0.6) is 0 Å². The van der Waals surface area contributed by atoms with E-state index in [1.54, 1.807) is 17.8 Å². The van der Waals surface area contributed by atoms with Crippen molar-refractivity contribution in [2.75, 3.05) is 11.2 Å². The maximum atomic E-state index is 11.2. The number of carboxylic acid groups (broad SMARTS) is 1. The molecule has 148 valence electrons. The van der Waals surface area contributed by atoms with Crippen molar-refractivity contribution in [1.82, 2.24) is 0 Å². The monoisotopic (exact) mass is 404 g/mol. The fourth-order valence-corrected chi connectivity index (χ4v) is 5.17. The molecule has 1 N–H and O–H groups in total. The van der Waals surface area contributed by atoms with E-state index in [2.05, 4.69) is 47.6 Å². The summed E-state index contributed by atoms with van der Waals surface area (Å²) in [6.45, 7) is 0. The molecule has 0 aromatic heterocycles. The Kier molecular flexibility index (Phi) is 5.64. The summed E-state index contributed by atoms with van der Waals surface area (Å²) >= 11 is 1.75. The first kappa shape index (κ1) is 19.6. The summed E-state index contributed by atoms with van der Waals surface area (Å²) in [4.78, 5) is 15.0. The average Bonchev–Trinajstić information content (AvgIpc) is 2.88. The molecule has 0 saturated heterocycles. The molecule has 5 heteroatoms. The van der Waals surface area contributed by atoms with Crippen molar-refractivity contribution < 1.29 is 9.90 Å². The van der Waals surface area contributed by atoms with E-state index in [1.165, 1.54) is 47.2 Å². The number of hydrogen-bond acceptors (Lipinski definition) is 4. The number of rotatable bonds is 4. The largest absolute Gasteiger partial charge is 0.477 e. The number of thioether (sulfide) groups is 1. The fraction of sp³-hybridized carbons (Fsp3) is 0.333. The number of hydrogen-bond donors (Lipinski definition) is 1. The van der Waals surface area contributed by atoms with Gasteiger partial charge in [0.25, 0.3) is 0 Å². The van der Waals surface area contributed by atoms with Gasteiger partial charge in [0.2, 0.25) is 0 Å². The van der Waals surface area contributed by atoms with Gasteiger partial charge < -0.3 is 10.0 Å². The number of aliphatic carboxylic acids is 1. The van der Waals surface area contributed by atoms with Gasteiger partial charge in [-0.25, -0.2) is 4.79 Å². The van der Waals surface area contributed by atoms with Crippen LogP contribution in [0, 0.1) is 11.3 Å². The summed E-state index contributed by atoms with van der Waals surface area (Å²) < 4.78 is 0. The first-order valence-electron chi connectivity index (χ1n) is 10.0. The summed E-state index contributed by atoms with van der Waals surface area (Å²) in [5.41, 5.74) is 4.38.